The fourth-order valence-electron chi connectivity index (χ4n) is 2.21. The van der Waals surface area contributed by atoms with Crippen LogP contribution in [0.1, 0.15) is 21.5 Å². The summed E-state index contributed by atoms with van der Waals surface area (Å²) in [5.74, 6) is -1.19. The summed E-state index contributed by atoms with van der Waals surface area (Å²) in [5, 5.41) is 4.20. The number of amides is 1. The van der Waals surface area contributed by atoms with Crippen molar-refractivity contribution in [3.8, 4) is 0 Å². The number of hydrogen-bond acceptors (Lipinski definition) is 3. The summed E-state index contributed by atoms with van der Waals surface area (Å²) in [5.41, 5.74) is 4.57. The van der Waals surface area contributed by atoms with Crippen LogP contribution in [-0.2, 0) is 0 Å². The molecule has 4 nitrogen and oxygen atoms in total. The minimum absolute atomic E-state index is 0.0524. The molecule has 0 bridgehead atoms. The second kappa shape index (κ2) is 7.28. The van der Waals surface area contributed by atoms with E-state index >= 15 is 0 Å². The van der Waals surface area contributed by atoms with E-state index in [-0.39, 0.29) is 5.56 Å². The van der Waals surface area contributed by atoms with Gasteiger partial charge in [0.2, 0.25) is 0 Å². The minimum atomic E-state index is -0.601. The predicted molar refractivity (Wildman–Crippen MR) is 90.2 cm³/mol. The van der Waals surface area contributed by atoms with Gasteiger partial charge in [-0.25, -0.2) is 9.82 Å². The van der Waals surface area contributed by atoms with Crippen LogP contribution < -0.4 is 5.43 Å². The van der Waals surface area contributed by atoms with E-state index in [2.05, 4.69) is 15.5 Å². The van der Waals surface area contributed by atoms with E-state index in [0.29, 0.717) is 5.71 Å². The number of carbonyl (C=O) groups excluding carboxylic acids is 1. The van der Waals surface area contributed by atoms with Crippen LogP contribution in [0.2, 0.25) is 0 Å². The number of nitrogens with one attached hydrogen (secondary N) is 1. The van der Waals surface area contributed by atoms with Gasteiger partial charge in [0.05, 0.1) is 11.3 Å². The molecule has 0 aliphatic heterocycles. The first-order valence-corrected chi connectivity index (χ1v) is 7.34. The summed E-state index contributed by atoms with van der Waals surface area (Å²) in [6.45, 7) is 0. The SMILES string of the molecule is O=C(NN=C(c1ccccc1)c1ccncc1)c1ccccc1F. The number of aromatic nitrogens is 1. The number of hydrogen-bond donors (Lipinski definition) is 1. The van der Waals surface area contributed by atoms with E-state index < -0.39 is 11.7 Å². The van der Waals surface area contributed by atoms with Crippen molar-refractivity contribution in [2.45, 2.75) is 0 Å². The summed E-state index contributed by atoms with van der Waals surface area (Å²) in [4.78, 5) is 16.1. The first kappa shape index (κ1) is 15.6. The third-order valence-corrected chi connectivity index (χ3v) is 3.39. The normalized spacial score (nSPS) is 11.1. The Labute approximate surface area is 138 Å². The lowest BCUT2D eigenvalue weighted by molar-refractivity contribution is 0.0951. The molecule has 0 aliphatic rings. The lowest BCUT2D eigenvalue weighted by Crippen LogP contribution is -2.21. The van der Waals surface area contributed by atoms with Gasteiger partial charge in [0.1, 0.15) is 5.82 Å². The highest BCUT2D eigenvalue weighted by Crippen LogP contribution is 2.10. The molecule has 0 atom stereocenters. The van der Waals surface area contributed by atoms with Gasteiger partial charge in [-0.05, 0) is 24.3 Å². The van der Waals surface area contributed by atoms with E-state index in [1.807, 2.05) is 30.3 Å². The predicted octanol–water partition coefficient (Wildman–Crippen LogP) is 3.40. The monoisotopic (exact) mass is 319 g/mol. The number of benzene rings is 2. The van der Waals surface area contributed by atoms with E-state index in [1.165, 1.54) is 18.2 Å². The van der Waals surface area contributed by atoms with Gasteiger partial charge >= 0.3 is 0 Å². The molecular formula is C19H14FN3O. The number of halogens is 1. The third kappa shape index (κ3) is 3.52. The molecule has 2 aromatic carbocycles. The Morgan fingerprint density at radius 1 is 0.875 bits per heavy atom. The molecule has 0 saturated heterocycles. The van der Waals surface area contributed by atoms with Crippen LogP contribution in [0.25, 0.3) is 0 Å². The van der Waals surface area contributed by atoms with Crippen molar-refractivity contribution < 1.29 is 9.18 Å². The molecule has 3 rings (SSSR count). The maximum atomic E-state index is 13.7. The van der Waals surface area contributed by atoms with Gasteiger partial charge in [0.15, 0.2) is 0 Å². The topological polar surface area (TPSA) is 54.4 Å². The van der Waals surface area contributed by atoms with Crippen LogP contribution in [0, 0.1) is 5.82 Å². The first-order chi connectivity index (χ1) is 11.8. The fourth-order valence-corrected chi connectivity index (χ4v) is 2.21. The average Bonchev–Trinajstić information content (AvgIpc) is 2.64. The van der Waals surface area contributed by atoms with Crippen molar-refractivity contribution in [1.29, 1.82) is 0 Å². The van der Waals surface area contributed by atoms with Gasteiger partial charge in [0.25, 0.3) is 5.91 Å². The van der Waals surface area contributed by atoms with Gasteiger partial charge in [-0.3, -0.25) is 9.78 Å². The maximum absolute atomic E-state index is 13.7. The second-order valence-corrected chi connectivity index (χ2v) is 4.98. The summed E-state index contributed by atoms with van der Waals surface area (Å²) in [6, 6.07) is 18.8. The van der Waals surface area contributed by atoms with Gasteiger partial charge < -0.3 is 0 Å². The molecule has 1 heterocycles. The lowest BCUT2D eigenvalue weighted by atomic mass is 10.0. The summed E-state index contributed by atoms with van der Waals surface area (Å²) < 4.78 is 13.7. The Morgan fingerprint density at radius 2 is 1.50 bits per heavy atom. The number of hydrazone groups is 1. The Kier molecular flexibility index (Phi) is 4.72. The Bertz CT molecular complexity index is 823. The van der Waals surface area contributed by atoms with E-state index in [0.717, 1.165) is 11.1 Å². The van der Waals surface area contributed by atoms with Gasteiger partial charge in [-0.2, -0.15) is 5.10 Å². The molecule has 0 unspecified atom stereocenters. The minimum Gasteiger partial charge on any atom is -0.267 e. The molecule has 1 amide bonds. The summed E-state index contributed by atoms with van der Waals surface area (Å²) in [6.07, 6.45) is 3.29. The molecule has 24 heavy (non-hydrogen) atoms. The zero-order valence-corrected chi connectivity index (χ0v) is 12.7. The van der Waals surface area contributed by atoms with E-state index in [1.54, 1.807) is 30.6 Å². The molecule has 3 aromatic rings. The summed E-state index contributed by atoms with van der Waals surface area (Å²) >= 11 is 0. The van der Waals surface area contributed by atoms with Crippen LogP contribution in [0.5, 0.6) is 0 Å². The molecule has 0 fully saturated rings. The van der Waals surface area contributed by atoms with Crippen molar-refractivity contribution in [3.05, 3.63) is 102 Å². The highest BCUT2D eigenvalue weighted by Gasteiger charge is 2.12. The molecule has 1 N–H and O–H groups in total. The second-order valence-electron chi connectivity index (χ2n) is 4.98. The van der Waals surface area contributed by atoms with Crippen LogP contribution >= 0.6 is 0 Å². The average molecular weight is 319 g/mol. The summed E-state index contributed by atoms with van der Waals surface area (Å²) in [7, 11) is 0. The molecule has 118 valence electrons. The van der Waals surface area contributed by atoms with Gasteiger partial charge in [-0.15, -0.1) is 0 Å². The first-order valence-electron chi connectivity index (χ1n) is 7.34. The highest BCUT2D eigenvalue weighted by atomic mass is 19.1. The van der Waals surface area contributed by atoms with E-state index in [4.69, 9.17) is 0 Å². The zero-order chi connectivity index (χ0) is 16.8. The standard InChI is InChI=1S/C19H14FN3O/c20-17-9-5-4-8-16(17)19(24)23-22-18(14-6-2-1-3-7-14)15-10-12-21-13-11-15/h1-13H,(H,23,24). The number of rotatable bonds is 4. The molecule has 5 heteroatoms. The zero-order valence-electron chi connectivity index (χ0n) is 12.7. The van der Waals surface area contributed by atoms with Crippen molar-refractivity contribution >= 4 is 11.6 Å². The Hall–Kier alpha value is -3.34. The number of carbonyl (C=O) groups is 1. The highest BCUT2D eigenvalue weighted by molar-refractivity contribution is 6.13. The maximum Gasteiger partial charge on any atom is 0.274 e. The van der Waals surface area contributed by atoms with E-state index in [9.17, 15) is 9.18 Å². The van der Waals surface area contributed by atoms with Gasteiger partial charge in [0, 0.05) is 23.5 Å². The lowest BCUT2D eigenvalue weighted by Gasteiger charge is -2.08. The number of nitrogens with zero attached hydrogens (tertiary/aromatic N) is 2. The number of pyridine rings is 1. The van der Waals surface area contributed by atoms with Crippen molar-refractivity contribution in [2.75, 3.05) is 0 Å². The fraction of sp³-hybridized carbons (Fsp3) is 0. The largest absolute Gasteiger partial charge is 0.274 e. The quantitative estimate of drug-likeness (QED) is 0.592. The molecule has 1 aromatic heterocycles. The van der Waals surface area contributed by atoms with Crippen molar-refractivity contribution in [2.24, 2.45) is 5.10 Å². The smallest absolute Gasteiger partial charge is 0.267 e. The molecule has 0 spiro atoms. The third-order valence-electron chi connectivity index (χ3n) is 3.39. The van der Waals surface area contributed by atoms with Crippen LogP contribution in [-0.4, -0.2) is 16.6 Å². The van der Waals surface area contributed by atoms with Gasteiger partial charge in [-0.1, -0.05) is 42.5 Å². The van der Waals surface area contributed by atoms with Crippen LogP contribution in [0.4, 0.5) is 4.39 Å². The molecule has 0 saturated carbocycles. The molecule has 0 radical (unpaired) electrons. The Balaban J connectivity index is 1.93. The van der Waals surface area contributed by atoms with Crippen molar-refractivity contribution in [1.82, 2.24) is 10.4 Å². The Morgan fingerprint density at radius 3 is 2.21 bits per heavy atom. The van der Waals surface area contributed by atoms with Crippen molar-refractivity contribution in [3.63, 3.8) is 0 Å². The molecular weight excluding hydrogens is 305 g/mol. The van der Waals surface area contributed by atoms with Crippen LogP contribution in [0.15, 0.2) is 84.2 Å². The van der Waals surface area contributed by atoms with Crippen LogP contribution in [0.3, 0.4) is 0 Å². The molecule has 0 aliphatic carbocycles.